The lowest BCUT2D eigenvalue weighted by Gasteiger charge is -2.16. The summed E-state index contributed by atoms with van der Waals surface area (Å²) in [6.45, 7) is 3.79. The molecular formula is C10H20ClN3O2. The number of carbonyl (C=O) groups excluding carboxylic acids is 2. The fourth-order valence-electron chi connectivity index (χ4n) is 1.75. The normalized spacial score (nSPS) is 19.1. The Kier molecular flexibility index (Phi) is 7.08. The van der Waals surface area contributed by atoms with E-state index >= 15 is 0 Å². The minimum absolute atomic E-state index is 0. The first-order chi connectivity index (χ1) is 7.17. The van der Waals surface area contributed by atoms with E-state index in [-0.39, 0.29) is 37.3 Å². The summed E-state index contributed by atoms with van der Waals surface area (Å²) in [6, 6.07) is 0. The van der Waals surface area contributed by atoms with Crippen molar-refractivity contribution in [1.29, 1.82) is 0 Å². The van der Waals surface area contributed by atoms with Crippen LogP contribution in [0.2, 0.25) is 0 Å². The summed E-state index contributed by atoms with van der Waals surface area (Å²) in [4.78, 5) is 24.3. The predicted octanol–water partition coefficient (Wildman–Crippen LogP) is -0.258. The molecule has 1 atom stereocenters. The number of carbonyl (C=O) groups is 2. The van der Waals surface area contributed by atoms with E-state index in [4.69, 9.17) is 5.73 Å². The van der Waals surface area contributed by atoms with Gasteiger partial charge >= 0.3 is 0 Å². The van der Waals surface area contributed by atoms with Crippen LogP contribution in [0, 0.1) is 5.92 Å². The minimum atomic E-state index is -0.283. The highest BCUT2D eigenvalue weighted by Crippen LogP contribution is 2.18. The molecule has 1 unspecified atom stereocenters. The number of halogens is 1. The lowest BCUT2D eigenvalue weighted by Crippen LogP contribution is -2.41. The van der Waals surface area contributed by atoms with Gasteiger partial charge in [-0.1, -0.05) is 13.3 Å². The molecule has 0 spiro atoms. The highest BCUT2D eigenvalue weighted by atomic mass is 35.5. The second-order valence-electron chi connectivity index (χ2n) is 3.88. The Balaban J connectivity index is 0.00000225. The molecule has 94 valence electrons. The third-order valence-electron chi connectivity index (χ3n) is 2.84. The van der Waals surface area contributed by atoms with Gasteiger partial charge in [-0.25, -0.2) is 0 Å². The van der Waals surface area contributed by atoms with Crippen LogP contribution < -0.4 is 11.1 Å². The second-order valence-corrected chi connectivity index (χ2v) is 3.88. The van der Waals surface area contributed by atoms with Crippen LogP contribution in [0.5, 0.6) is 0 Å². The van der Waals surface area contributed by atoms with Crippen LogP contribution in [0.1, 0.15) is 19.8 Å². The number of amides is 2. The zero-order valence-electron chi connectivity index (χ0n) is 9.57. The molecule has 1 fully saturated rings. The molecule has 0 aromatic rings. The molecule has 0 bridgehead atoms. The van der Waals surface area contributed by atoms with E-state index in [0.717, 1.165) is 25.9 Å². The van der Waals surface area contributed by atoms with E-state index in [1.807, 2.05) is 4.90 Å². The van der Waals surface area contributed by atoms with Gasteiger partial charge in [0, 0.05) is 13.1 Å². The van der Waals surface area contributed by atoms with E-state index in [1.165, 1.54) is 0 Å². The SMILES string of the molecule is CCC1CCN(C(=O)CNC(=O)CN)C1.Cl. The van der Waals surface area contributed by atoms with Crippen molar-refractivity contribution in [3.05, 3.63) is 0 Å². The summed E-state index contributed by atoms with van der Waals surface area (Å²) < 4.78 is 0. The standard InChI is InChI=1S/C10H19N3O2.ClH/c1-2-8-3-4-13(7-8)10(15)6-12-9(14)5-11;/h8H,2-7,11H2,1H3,(H,12,14);1H. The Hall–Kier alpha value is -0.810. The van der Waals surface area contributed by atoms with Crippen LogP contribution >= 0.6 is 12.4 Å². The van der Waals surface area contributed by atoms with Crippen molar-refractivity contribution >= 4 is 24.2 Å². The summed E-state index contributed by atoms with van der Waals surface area (Å²) >= 11 is 0. The van der Waals surface area contributed by atoms with E-state index in [1.54, 1.807) is 0 Å². The van der Waals surface area contributed by atoms with Crippen molar-refractivity contribution in [2.45, 2.75) is 19.8 Å². The van der Waals surface area contributed by atoms with E-state index in [0.29, 0.717) is 5.92 Å². The van der Waals surface area contributed by atoms with Crippen molar-refractivity contribution in [1.82, 2.24) is 10.2 Å². The fraction of sp³-hybridized carbons (Fsp3) is 0.800. The van der Waals surface area contributed by atoms with Gasteiger partial charge in [0.25, 0.3) is 0 Å². The lowest BCUT2D eigenvalue weighted by atomic mass is 10.1. The number of likely N-dealkylation sites (tertiary alicyclic amines) is 1. The Bertz CT molecular complexity index is 248. The number of hydrogen-bond acceptors (Lipinski definition) is 3. The van der Waals surface area contributed by atoms with Crippen LogP contribution in [0.4, 0.5) is 0 Å². The molecule has 1 heterocycles. The first-order valence-electron chi connectivity index (χ1n) is 5.42. The Labute approximate surface area is 102 Å². The molecule has 6 heteroatoms. The molecule has 0 radical (unpaired) electrons. The molecule has 16 heavy (non-hydrogen) atoms. The highest BCUT2D eigenvalue weighted by Gasteiger charge is 2.24. The smallest absolute Gasteiger partial charge is 0.241 e. The molecule has 0 saturated carbocycles. The first-order valence-corrected chi connectivity index (χ1v) is 5.42. The van der Waals surface area contributed by atoms with Crippen LogP contribution in [0.15, 0.2) is 0 Å². The average Bonchev–Trinajstić information content (AvgIpc) is 2.73. The third kappa shape index (κ3) is 4.37. The quantitative estimate of drug-likeness (QED) is 0.721. The van der Waals surface area contributed by atoms with Gasteiger partial charge in [0.1, 0.15) is 0 Å². The zero-order chi connectivity index (χ0) is 11.3. The van der Waals surface area contributed by atoms with Crippen molar-refractivity contribution in [2.75, 3.05) is 26.2 Å². The number of nitrogens with one attached hydrogen (secondary N) is 1. The topological polar surface area (TPSA) is 75.4 Å². The van der Waals surface area contributed by atoms with Gasteiger partial charge in [-0.05, 0) is 12.3 Å². The summed E-state index contributed by atoms with van der Waals surface area (Å²) in [5.41, 5.74) is 5.12. The molecule has 1 aliphatic rings. The Morgan fingerprint density at radius 1 is 1.50 bits per heavy atom. The minimum Gasteiger partial charge on any atom is -0.346 e. The van der Waals surface area contributed by atoms with Crippen LogP contribution in [-0.4, -0.2) is 42.9 Å². The molecule has 1 aliphatic heterocycles. The molecule has 0 aromatic heterocycles. The van der Waals surface area contributed by atoms with Crippen LogP contribution in [0.3, 0.4) is 0 Å². The van der Waals surface area contributed by atoms with Crippen LogP contribution in [-0.2, 0) is 9.59 Å². The Morgan fingerprint density at radius 2 is 2.19 bits per heavy atom. The third-order valence-corrected chi connectivity index (χ3v) is 2.84. The number of hydrogen-bond donors (Lipinski definition) is 2. The average molecular weight is 250 g/mol. The van der Waals surface area contributed by atoms with Crippen molar-refractivity contribution in [3.8, 4) is 0 Å². The monoisotopic (exact) mass is 249 g/mol. The number of nitrogens with zero attached hydrogens (tertiary/aromatic N) is 1. The first kappa shape index (κ1) is 15.2. The maximum absolute atomic E-state index is 11.6. The fourth-order valence-corrected chi connectivity index (χ4v) is 1.75. The zero-order valence-corrected chi connectivity index (χ0v) is 10.4. The van der Waals surface area contributed by atoms with Gasteiger partial charge in [0.05, 0.1) is 13.1 Å². The molecule has 0 aliphatic carbocycles. The lowest BCUT2D eigenvalue weighted by molar-refractivity contribution is -0.131. The number of nitrogens with two attached hydrogens (primary N) is 1. The molecule has 2 amide bonds. The second kappa shape index (κ2) is 7.46. The van der Waals surface area contributed by atoms with Gasteiger partial charge in [0.2, 0.25) is 11.8 Å². The summed E-state index contributed by atoms with van der Waals surface area (Å²) in [5, 5.41) is 2.49. The van der Waals surface area contributed by atoms with E-state index in [2.05, 4.69) is 12.2 Å². The van der Waals surface area contributed by atoms with E-state index in [9.17, 15) is 9.59 Å². The molecular weight excluding hydrogens is 230 g/mol. The van der Waals surface area contributed by atoms with Crippen LogP contribution in [0.25, 0.3) is 0 Å². The van der Waals surface area contributed by atoms with Gasteiger partial charge in [-0.2, -0.15) is 0 Å². The molecule has 0 aromatic carbocycles. The molecule has 5 nitrogen and oxygen atoms in total. The highest BCUT2D eigenvalue weighted by molar-refractivity contribution is 5.85. The summed E-state index contributed by atoms with van der Waals surface area (Å²) in [6.07, 6.45) is 2.19. The van der Waals surface area contributed by atoms with Gasteiger partial charge in [-0.3, -0.25) is 9.59 Å². The van der Waals surface area contributed by atoms with Crippen molar-refractivity contribution in [2.24, 2.45) is 11.7 Å². The van der Waals surface area contributed by atoms with Gasteiger partial charge in [0.15, 0.2) is 0 Å². The van der Waals surface area contributed by atoms with Gasteiger partial charge in [-0.15, -0.1) is 12.4 Å². The molecule has 1 rings (SSSR count). The Morgan fingerprint density at radius 3 is 2.69 bits per heavy atom. The maximum Gasteiger partial charge on any atom is 0.241 e. The van der Waals surface area contributed by atoms with E-state index < -0.39 is 0 Å². The predicted molar refractivity (Wildman–Crippen MR) is 64.3 cm³/mol. The molecule has 1 saturated heterocycles. The largest absolute Gasteiger partial charge is 0.346 e. The summed E-state index contributed by atoms with van der Waals surface area (Å²) in [7, 11) is 0. The summed E-state index contributed by atoms with van der Waals surface area (Å²) in [5.74, 6) is 0.335. The number of rotatable bonds is 4. The van der Waals surface area contributed by atoms with Gasteiger partial charge < -0.3 is 16.0 Å². The van der Waals surface area contributed by atoms with Crippen molar-refractivity contribution < 1.29 is 9.59 Å². The van der Waals surface area contributed by atoms with Crippen molar-refractivity contribution in [3.63, 3.8) is 0 Å². The molecule has 3 N–H and O–H groups in total. The maximum atomic E-state index is 11.6.